The second kappa shape index (κ2) is 6.26. The van der Waals surface area contributed by atoms with Crippen LogP contribution in [0.4, 0.5) is 4.39 Å². The van der Waals surface area contributed by atoms with Crippen LogP contribution in [0.25, 0.3) is 0 Å². The number of nitrogens with zero attached hydrogens (tertiary/aromatic N) is 1. The van der Waals surface area contributed by atoms with E-state index in [1.165, 1.54) is 23.5 Å². The smallest absolute Gasteiger partial charge is 0.242 e. The van der Waals surface area contributed by atoms with Crippen molar-refractivity contribution in [1.82, 2.24) is 4.31 Å². The van der Waals surface area contributed by atoms with E-state index in [4.69, 9.17) is 4.74 Å². The second-order valence-corrected chi connectivity index (χ2v) is 6.24. The Morgan fingerprint density at radius 1 is 1.28 bits per heavy atom. The molecule has 0 amide bonds. The predicted octanol–water partition coefficient (Wildman–Crippen LogP) is 1.87. The van der Waals surface area contributed by atoms with Crippen molar-refractivity contribution in [1.29, 1.82) is 0 Å². The number of halogens is 1. The third-order valence-electron chi connectivity index (χ3n) is 2.38. The largest absolute Gasteiger partial charge is 0.377 e. The first-order valence-corrected chi connectivity index (χ1v) is 7.11. The first-order chi connectivity index (χ1) is 8.34. The van der Waals surface area contributed by atoms with Gasteiger partial charge in [-0.15, -0.1) is 0 Å². The topological polar surface area (TPSA) is 46.6 Å². The molecule has 4 nitrogen and oxygen atoms in total. The lowest BCUT2D eigenvalue weighted by Crippen LogP contribution is -2.30. The summed E-state index contributed by atoms with van der Waals surface area (Å²) in [5, 5.41) is 0. The lowest BCUT2D eigenvalue weighted by atomic mass is 10.4. The highest BCUT2D eigenvalue weighted by molar-refractivity contribution is 7.89. The third kappa shape index (κ3) is 4.04. The Bertz CT molecular complexity index is 471. The van der Waals surface area contributed by atoms with Crippen LogP contribution < -0.4 is 0 Å². The van der Waals surface area contributed by atoms with Gasteiger partial charge in [-0.3, -0.25) is 0 Å². The monoisotopic (exact) mass is 275 g/mol. The van der Waals surface area contributed by atoms with Gasteiger partial charge in [-0.2, -0.15) is 4.31 Å². The minimum Gasteiger partial charge on any atom is -0.377 e. The van der Waals surface area contributed by atoms with E-state index in [0.29, 0.717) is 6.61 Å². The molecule has 18 heavy (non-hydrogen) atoms. The van der Waals surface area contributed by atoms with Crippen LogP contribution in [0.15, 0.2) is 29.2 Å². The van der Waals surface area contributed by atoms with Crippen LogP contribution in [0, 0.1) is 5.82 Å². The molecule has 1 rings (SSSR count). The van der Waals surface area contributed by atoms with Crippen LogP contribution >= 0.6 is 0 Å². The van der Waals surface area contributed by atoms with Gasteiger partial charge < -0.3 is 4.74 Å². The highest BCUT2D eigenvalue weighted by Crippen LogP contribution is 2.14. The SMILES string of the molecule is CC(C)OCCN(C)S(=O)(=O)c1ccc(F)cc1. The quantitative estimate of drug-likeness (QED) is 0.796. The lowest BCUT2D eigenvalue weighted by Gasteiger charge is -2.18. The van der Waals surface area contributed by atoms with Crippen molar-refractivity contribution in [2.24, 2.45) is 0 Å². The molecule has 0 heterocycles. The first-order valence-electron chi connectivity index (χ1n) is 5.67. The highest BCUT2D eigenvalue weighted by Gasteiger charge is 2.20. The zero-order valence-corrected chi connectivity index (χ0v) is 11.6. The van der Waals surface area contributed by atoms with Gasteiger partial charge in [-0.05, 0) is 38.1 Å². The molecule has 0 aliphatic rings. The molecule has 0 unspecified atom stereocenters. The molecule has 0 bridgehead atoms. The summed E-state index contributed by atoms with van der Waals surface area (Å²) in [5.74, 6) is -0.459. The molecule has 0 saturated heterocycles. The number of ether oxygens (including phenoxy) is 1. The summed E-state index contributed by atoms with van der Waals surface area (Å²) in [5.41, 5.74) is 0. The molecule has 0 saturated carbocycles. The summed E-state index contributed by atoms with van der Waals surface area (Å²) in [6.45, 7) is 4.36. The van der Waals surface area contributed by atoms with Crippen LogP contribution in [0.5, 0.6) is 0 Å². The molecule has 0 fully saturated rings. The summed E-state index contributed by atoms with van der Waals surface area (Å²) in [7, 11) is -2.09. The normalized spacial score (nSPS) is 12.3. The third-order valence-corrected chi connectivity index (χ3v) is 4.25. The van der Waals surface area contributed by atoms with Gasteiger partial charge in [0.2, 0.25) is 10.0 Å². The molecule has 1 aromatic rings. The molecule has 0 aliphatic carbocycles. The molecule has 0 atom stereocenters. The van der Waals surface area contributed by atoms with Crippen molar-refractivity contribution >= 4 is 10.0 Å². The van der Waals surface area contributed by atoms with E-state index in [1.54, 1.807) is 0 Å². The Balaban J connectivity index is 2.71. The Hall–Kier alpha value is -0.980. The minimum atomic E-state index is -3.57. The molecule has 0 aliphatic heterocycles. The van der Waals surface area contributed by atoms with Gasteiger partial charge >= 0.3 is 0 Å². The van der Waals surface area contributed by atoms with Crippen LogP contribution in [0.1, 0.15) is 13.8 Å². The Kier molecular flexibility index (Phi) is 5.25. The van der Waals surface area contributed by atoms with Crippen LogP contribution in [-0.4, -0.2) is 39.0 Å². The van der Waals surface area contributed by atoms with Crippen LogP contribution in [-0.2, 0) is 14.8 Å². The van der Waals surface area contributed by atoms with Crippen LogP contribution in [0.3, 0.4) is 0 Å². The second-order valence-electron chi connectivity index (χ2n) is 4.20. The summed E-state index contributed by atoms with van der Waals surface area (Å²) < 4.78 is 43.4. The van der Waals surface area contributed by atoms with Gasteiger partial charge in [-0.1, -0.05) is 0 Å². The Morgan fingerprint density at radius 3 is 2.33 bits per heavy atom. The number of benzene rings is 1. The average molecular weight is 275 g/mol. The summed E-state index contributed by atoms with van der Waals surface area (Å²) in [4.78, 5) is 0.0796. The predicted molar refractivity (Wildman–Crippen MR) is 67.3 cm³/mol. The Morgan fingerprint density at radius 2 is 1.83 bits per heavy atom. The van der Waals surface area contributed by atoms with E-state index in [0.717, 1.165) is 12.1 Å². The molecule has 102 valence electrons. The zero-order chi connectivity index (χ0) is 13.8. The van der Waals surface area contributed by atoms with E-state index < -0.39 is 15.8 Å². The Labute approximate surface area is 107 Å². The summed E-state index contributed by atoms with van der Waals surface area (Å²) in [6, 6.07) is 4.77. The van der Waals surface area contributed by atoms with Gasteiger partial charge in [0.05, 0.1) is 17.6 Å². The molecule has 0 radical (unpaired) electrons. The fourth-order valence-corrected chi connectivity index (χ4v) is 2.48. The fraction of sp³-hybridized carbons (Fsp3) is 0.500. The number of sulfonamides is 1. The number of likely N-dealkylation sites (N-methyl/N-ethyl adjacent to an activating group) is 1. The number of hydrogen-bond donors (Lipinski definition) is 0. The number of hydrogen-bond acceptors (Lipinski definition) is 3. The minimum absolute atomic E-state index is 0.0620. The average Bonchev–Trinajstić information content (AvgIpc) is 2.28. The molecular weight excluding hydrogens is 257 g/mol. The fourth-order valence-electron chi connectivity index (χ4n) is 1.32. The maximum Gasteiger partial charge on any atom is 0.242 e. The van der Waals surface area contributed by atoms with Crippen molar-refractivity contribution in [3.05, 3.63) is 30.1 Å². The van der Waals surface area contributed by atoms with Gasteiger partial charge in [0.1, 0.15) is 5.82 Å². The maximum atomic E-state index is 12.7. The molecule has 0 spiro atoms. The standard InChI is InChI=1S/C12H18FNO3S/c1-10(2)17-9-8-14(3)18(15,16)12-6-4-11(13)5-7-12/h4-7,10H,8-9H2,1-3H3. The van der Waals surface area contributed by atoms with E-state index >= 15 is 0 Å². The molecular formula is C12H18FNO3S. The van der Waals surface area contributed by atoms with Crippen molar-refractivity contribution in [2.45, 2.75) is 24.8 Å². The van der Waals surface area contributed by atoms with E-state index in [-0.39, 0.29) is 17.5 Å². The zero-order valence-electron chi connectivity index (χ0n) is 10.8. The van der Waals surface area contributed by atoms with Gasteiger partial charge in [0.15, 0.2) is 0 Å². The summed E-state index contributed by atoms with van der Waals surface area (Å²) in [6.07, 6.45) is 0.0620. The van der Waals surface area contributed by atoms with E-state index in [9.17, 15) is 12.8 Å². The van der Waals surface area contributed by atoms with Gasteiger partial charge in [-0.25, -0.2) is 12.8 Å². The van der Waals surface area contributed by atoms with Gasteiger partial charge in [0.25, 0.3) is 0 Å². The van der Waals surface area contributed by atoms with Crippen LogP contribution in [0.2, 0.25) is 0 Å². The van der Waals surface area contributed by atoms with Crippen molar-refractivity contribution in [3.63, 3.8) is 0 Å². The maximum absolute atomic E-state index is 12.7. The molecule has 0 aromatic heterocycles. The number of rotatable bonds is 6. The van der Waals surface area contributed by atoms with Crippen molar-refractivity contribution < 1.29 is 17.5 Å². The molecule has 1 aromatic carbocycles. The first kappa shape index (κ1) is 15.1. The lowest BCUT2D eigenvalue weighted by molar-refractivity contribution is 0.0737. The van der Waals surface area contributed by atoms with E-state index in [1.807, 2.05) is 13.8 Å². The van der Waals surface area contributed by atoms with Gasteiger partial charge in [0, 0.05) is 13.6 Å². The molecule has 6 heteroatoms. The van der Waals surface area contributed by atoms with Crippen molar-refractivity contribution in [3.8, 4) is 0 Å². The summed E-state index contributed by atoms with van der Waals surface area (Å²) >= 11 is 0. The highest BCUT2D eigenvalue weighted by atomic mass is 32.2. The van der Waals surface area contributed by atoms with Crippen molar-refractivity contribution in [2.75, 3.05) is 20.2 Å². The molecule has 0 N–H and O–H groups in total. The van der Waals surface area contributed by atoms with E-state index in [2.05, 4.69) is 0 Å².